The Morgan fingerprint density at radius 3 is 2.80 bits per heavy atom. The van der Waals surface area contributed by atoms with Crippen molar-refractivity contribution in [3.8, 4) is 0 Å². The predicted molar refractivity (Wildman–Crippen MR) is 81.2 cm³/mol. The highest BCUT2D eigenvalue weighted by Gasteiger charge is 2.76. The molecule has 3 nitrogen and oxygen atoms in total. The molecule has 2 heterocycles. The number of fused-ring (bicyclic) bond motifs is 2. The second-order valence-electron chi connectivity index (χ2n) is 6.68. The topological polar surface area (TPSA) is 38.7 Å². The summed E-state index contributed by atoms with van der Waals surface area (Å²) in [6.45, 7) is 0. The standard InChI is InChI=1S/C16H17IO3/c17-13-9-6-10-12-11(9)15(18)20-16(12,19-14(10)13)7-8-4-2-1-3-5-8/h1-5,9-15,18H,6-7H2/t9-,10+,11-,12+,13-,14-,15-,16-/m0/s1. The summed E-state index contributed by atoms with van der Waals surface area (Å²) in [5, 5.41) is 10.4. The fourth-order valence-corrected chi connectivity index (χ4v) is 6.72. The molecule has 2 aliphatic carbocycles. The SMILES string of the molecule is O[C@H]1O[C@]2(Cc3ccccc3)O[C@@H]3[C@@H](I)[C@H]4C[C@@H]3[C@@H]2[C@H]41. The van der Waals surface area contributed by atoms with E-state index in [1.165, 1.54) is 12.0 Å². The minimum absolute atomic E-state index is 0.282. The Kier molecular flexibility index (Phi) is 2.46. The fraction of sp³-hybridized carbons (Fsp3) is 0.625. The van der Waals surface area contributed by atoms with Gasteiger partial charge in [-0.25, -0.2) is 0 Å². The number of hydrogen-bond donors (Lipinski definition) is 1. The van der Waals surface area contributed by atoms with E-state index in [9.17, 15) is 5.11 Å². The molecule has 0 aromatic heterocycles. The zero-order valence-corrected chi connectivity index (χ0v) is 13.1. The number of rotatable bonds is 2. The molecule has 2 bridgehead atoms. The quantitative estimate of drug-likeness (QED) is 0.629. The van der Waals surface area contributed by atoms with Gasteiger partial charge in [0.2, 0.25) is 0 Å². The number of aliphatic hydroxyl groups excluding tert-OH is 1. The van der Waals surface area contributed by atoms with Crippen molar-refractivity contribution in [3.05, 3.63) is 35.9 Å². The maximum atomic E-state index is 10.4. The lowest BCUT2D eigenvalue weighted by Crippen LogP contribution is -2.39. The first kappa shape index (κ1) is 12.4. The van der Waals surface area contributed by atoms with E-state index in [0.717, 1.165) is 6.42 Å². The first-order valence-corrected chi connectivity index (χ1v) is 8.66. The highest BCUT2D eigenvalue weighted by molar-refractivity contribution is 14.1. The molecule has 0 amide bonds. The Morgan fingerprint density at radius 2 is 2.00 bits per heavy atom. The lowest BCUT2D eigenvalue weighted by atomic mass is 9.76. The van der Waals surface area contributed by atoms with Crippen LogP contribution in [0.15, 0.2) is 30.3 Å². The van der Waals surface area contributed by atoms with Crippen molar-refractivity contribution in [2.75, 3.05) is 0 Å². The maximum Gasteiger partial charge on any atom is 0.179 e. The van der Waals surface area contributed by atoms with Gasteiger partial charge in [0.25, 0.3) is 0 Å². The third-order valence-corrected chi connectivity index (χ3v) is 7.48. The monoisotopic (exact) mass is 384 g/mol. The first-order chi connectivity index (χ1) is 9.70. The van der Waals surface area contributed by atoms with E-state index in [-0.39, 0.29) is 5.92 Å². The summed E-state index contributed by atoms with van der Waals surface area (Å²) in [6.07, 6.45) is 1.66. The number of aliphatic hydroxyl groups is 1. The van der Waals surface area contributed by atoms with Crippen LogP contribution in [0.3, 0.4) is 0 Å². The molecule has 2 aliphatic heterocycles. The summed E-state index contributed by atoms with van der Waals surface area (Å²) >= 11 is 2.53. The normalized spacial score (nSPS) is 54.8. The molecule has 4 heteroatoms. The highest BCUT2D eigenvalue weighted by Crippen LogP contribution is 2.69. The zero-order chi connectivity index (χ0) is 13.5. The van der Waals surface area contributed by atoms with Crippen molar-refractivity contribution in [2.45, 2.75) is 34.9 Å². The molecule has 2 saturated carbocycles. The van der Waals surface area contributed by atoms with Gasteiger partial charge in [0.1, 0.15) is 0 Å². The van der Waals surface area contributed by atoms with Crippen molar-refractivity contribution < 1.29 is 14.6 Å². The molecule has 106 valence electrons. The Bertz CT molecular complexity index is 550. The summed E-state index contributed by atoms with van der Waals surface area (Å²) < 4.78 is 12.9. The molecule has 0 radical (unpaired) electrons. The Balaban J connectivity index is 1.56. The second-order valence-corrected chi connectivity index (χ2v) is 8.11. The van der Waals surface area contributed by atoms with Gasteiger partial charge >= 0.3 is 0 Å². The molecule has 1 aromatic rings. The van der Waals surface area contributed by atoms with Gasteiger partial charge in [0.05, 0.1) is 6.10 Å². The average molecular weight is 384 g/mol. The van der Waals surface area contributed by atoms with E-state index >= 15 is 0 Å². The third-order valence-electron chi connectivity index (χ3n) is 5.85. The minimum Gasteiger partial charge on any atom is -0.368 e. The number of alkyl halides is 1. The smallest absolute Gasteiger partial charge is 0.179 e. The minimum atomic E-state index is -0.641. The van der Waals surface area contributed by atoms with Gasteiger partial charge in [-0.1, -0.05) is 52.9 Å². The molecular formula is C16H17IO3. The van der Waals surface area contributed by atoms with Gasteiger partial charge in [0.15, 0.2) is 12.1 Å². The number of ether oxygens (including phenoxy) is 2. The Hall–Kier alpha value is -0.170. The number of hydrogen-bond acceptors (Lipinski definition) is 3. The summed E-state index contributed by atoms with van der Waals surface area (Å²) in [6, 6.07) is 10.4. The van der Waals surface area contributed by atoms with E-state index in [4.69, 9.17) is 9.47 Å². The van der Waals surface area contributed by atoms with Crippen molar-refractivity contribution in [2.24, 2.45) is 23.7 Å². The van der Waals surface area contributed by atoms with Crippen molar-refractivity contribution in [3.63, 3.8) is 0 Å². The van der Waals surface area contributed by atoms with E-state index in [2.05, 4.69) is 46.9 Å². The maximum absolute atomic E-state index is 10.4. The molecule has 0 spiro atoms. The molecule has 20 heavy (non-hydrogen) atoms. The first-order valence-electron chi connectivity index (χ1n) is 7.41. The van der Waals surface area contributed by atoms with Crippen LogP contribution in [0, 0.1) is 23.7 Å². The summed E-state index contributed by atoms with van der Waals surface area (Å²) in [7, 11) is 0. The molecule has 2 saturated heterocycles. The fourth-order valence-electron chi connectivity index (χ4n) is 5.27. The lowest BCUT2D eigenvalue weighted by Gasteiger charge is -2.31. The molecule has 4 fully saturated rings. The van der Waals surface area contributed by atoms with Crippen LogP contribution in [-0.2, 0) is 15.9 Å². The summed E-state index contributed by atoms with van der Waals surface area (Å²) in [5.74, 6) is 1.26. The van der Waals surface area contributed by atoms with E-state index < -0.39 is 12.1 Å². The average Bonchev–Trinajstić information content (AvgIpc) is 3.09. The van der Waals surface area contributed by atoms with Crippen LogP contribution < -0.4 is 0 Å². The molecule has 4 aliphatic rings. The Morgan fingerprint density at radius 1 is 1.20 bits per heavy atom. The van der Waals surface area contributed by atoms with Crippen molar-refractivity contribution >= 4 is 22.6 Å². The third kappa shape index (κ3) is 1.36. The van der Waals surface area contributed by atoms with Gasteiger partial charge in [-0.3, -0.25) is 0 Å². The molecule has 0 unspecified atom stereocenters. The van der Waals surface area contributed by atoms with E-state index in [1.807, 2.05) is 6.07 Å². The van der Waals surface area contributed by atoms with Gasteiger partial charge in [-0.15, -0.1) is 0 Å². The van der Waals surface area contributed by atoms with Crippen molar-refractivity contribution in [1.29, 1.82) is 0 Å². The van der Waals surface area contributed by atoms with Gasteiger partial charge in [0, 0.05) is 22.2 Å². The van der Waals surface area contributed by atoms with Crippen LogP contribution in [0.1, 0.15) is 12.0 Å². The van der Waals surface area contributed by atoms with Crippen LogP contribution in [0.25, 0.3) is 0 Å². The molecule has 5 rings (SSSR count). The molecule has 1 aromatic carbocycles. The van der Waals surface area contributed by atoms with Gasteiger partial charge in [-0.05, 0) is 23.8 Å². The van der Waals surface area contributed by atoms with Crippen LogP contribution in [-0.4, -0.2) is 27.2 Å². The van der Waals surface area contributed by atoms with Crippen LogP contribution in [0.4, 0.5) is 0 Å². The summed E-state index contributed by atoms with van der Waals surface area (Å²) in [4.78, 5) is 0. The molecule has 1 N–H and O–H groups in total. The van der Waals surface area contributed by atoms with Crippen LogP contribution in [0.5, 0.6) is 0 Å². The van der Waals surface area contributed by atoms with Crippen LogP contribution in [0.2, 0.25) is 0 Å². The van der Waals surface area contributed by atoms with E-state index in [0.29, 0.717) is 27.8 Å². The molecular weight excluding hydrogens is 367 g/mol. The largest absolute Gasteiger partial charge is 0.368 e. The predicted octanol–water partition coefficient (Wildman–Crippen LogP) is 2.36. The second kappa shape index (κ2) is 3.97. The summed E-state index contributed by atoms with van der Waals surface area (Å²) in [5.41, 5.74) is 1.23. The lowest BCUT2D eigenvalue weighted by molar-refractivity contribution is -0.270. The van der Waals surface area contributed by atoms with E-state index in [1.54, 1.807) is 0 Å². The molecule has 8 atom stereocenters. The zero-order valence-electron chi connectivity index (χ0n) is 11.0. The number of benzene rings is 1. The van der Waals surface area contributed by atoms with Crippen molar-refractivity contribution in [1.82, 2.24) is 0 Å². The van der Waals surface area contributed by atoms with Gasteiger partial charge < -0.3 is 14.6 Å². The highest BCUT2D eigenvalue weighted by atomic mass is 127. The number of halogens is 1. The van der Waals surface area contributed by atoms with Crippen LogP contribution >= 0.6 is 22.6 Å². The van der Waals surface area contributed by atoms with Gasteiger partial charge in [-0.2, -0.15) is 0 Å². The Labute approximate surface area is 131 Å².